The van der Waals surface area contributed by atoms with E-state index in [2.05, 4.69) is 15.0 Å². The highest BCUT2D eigenvalue weighted by Crippen LogP contribution is 2.31. The fraction of sp³-hybridized carbons (Fsp3) is 0.300. The number of hydrogen-bond acceptors (Lipinski definition) is 5. The summed E-state index contributed by atoms with van der Waals surface area (Å²) >= 11 is 0. The van der Waals surface area contributed by atoms with Gasteiger partial charge in [-0.3, -0.25) is 4.79 Å². The quantitative estimate of drug-likeness (QED) is 0.570. The highest BCUT2D eigenvalue weighted by molar-refractivity contribution is 5.97. The fourth-order valence-electron chi connectivity index (χ4n) is 3.31. The van der Waals surface area contributed by atoms with Crippen LogP contribution in [0.25, 0.3) is 11.1 Å². The van der Waals surface area contributed by atoms with Crippen LogP contribution in [0.2, 0.25) is 0 Å². The van der Waals surface area contributed by atoms with Crippen molar-refractivity contribution in [3.8, 4) is 5.75 Å². The van der Waals surface area contributed by atoms with Crippen LogP contribution in [0, 0.1) is 5.82 Å². The van der Waals surface area contributed by atoms with Crippen molar-refractivity contribution in [3.63, 3.8) is 0 Å². The zero-order valence-corrected chi connectivity index (χ0v) is 15.8. The van der Waals surface area contributed by atoms with Gasteiger partial charge in [0.15, 0.2) is 11.4 Å². The molecule has 0 bridgehead atoms. The Labute approximate surface area is 172 Å². The summed E-state index contributed by atoms with van der Waals surface area (Å²) < 4.78 is 74.8. The van der Waals surface area contributed by atoms with E-state index >= 15 is 0 Å². The van der Waals surface area contributed by atoms with Crippen molar-refractivity contribution in [2.75, 3.05) is 18.4 Å². The number of likely N-dealkylation sites (tertiary alicyclic amines) is 1. The topological polar surface area (TPSA) is 67.6 Å². The van der Waals surface area contributed by atoms with Crippen molar-refractivity contribution in [1.82, 2.24) is 9.88 Å². The number of rotatable bonds is 6. The van der Waals surface area contributed by atoms with Gasteiger partial charge in [-0.05, 0) is 30.7 Å². The lowest BCUT2D eigenvalue weighted by atomic mass is 10.1. The molecule has 1 saturated heterocycles. The maximum atomic E-state index is 13.7. The minimum atomic E-state index is -4.73. The van der Waals surface area contributed by atoms with Gasteiger partial charge in [0, 0.05) is 19.1 Å². The summed E-state index contributed by atoms with van der Waals surface area (Å²) in [6.45, 7) is 0.435. The van der Waals surface area contributed by atoms with Crippen molar-refractivity contribution < 1.29 is 35.9 Å². The number of aromatic nitrogens is 1. The third-order valence-electron chi connectivity index (χ3n) is 4.79. The number of ether oxygens (including phenoxy) is 1. The number of fused-ring (bicyclic) bond motifs is 1. The summed E-state index contributed by atoms with van der Waals surface area (Å²) in [6, 6.07) is 9.08. The van der Waals surface area contributed by atoms with Gasteiger partial charge in [0.2, 0.25) is 0 Å². The molecule has 1 unspecified atom stereocenters. The monoisotopic (exact) mass is 441 g/mol. The molecule has 0 aliphatic carbocycles. The van der Waals surface area contributed by atoms with Gasteiger partial charge >= 0.3 is 12.5 Å². The van der Waals surface area contributed by atoms with E-state index in [0.29, 0.717) is 11.9 Å². The van der Waals surface area contributed by atoms with Crippen LogP contribution < -0.4 is 10.1 Å². The number of nitrogens with one attached hydrogen (secondary N) is 1. The predicted molar refractivity (Wildman–Crippen MR) is 99.9 cm³/mol. The van der Waals surface area contributed by atoms with Gasteiger partial charge in [0.05, 0.1) is 5.56 Å². The van der Waals surface area contributed by atoms with Gasteiger partial charge in [0.25, 0.3) is 11.9 Å². The molecule has 1 atom stereocenters. The second-order valence-electron chi connectivity index (χ2n) is 6.95. The molecule has 164 valence electrons. The summed E-state index contributed by atoms with van der Waals surface area (Å²) in [5, 5.41) is 2.97. The summed E-state index contributed by atoms with van der Waals surface area (Å²) in [4.78, 5) is 18.3. The van der Waals surface area contributed by atoms with Gasteiger partial charge < -0.3 is 19.4 Å². The molecule has 0 saturated carbocycles. The smallest absolute Gasteiger partial charge is 0.427 e. The summed E-state index contributed by atoms with van der Waals surface area (Å²) in [5.74, 6) is -1.84. The van der Waals surface area contributed by atoms with E-state index in [1.54, 1.807) is 6.07 Å². The standard InChI is InChI=1S/C20H16F5N3O3/c21-13-5-3-6-14-16(13)30-19(27-14)26-11-8-9-28(10-11)17(29)12-4-1-2-7-15(12)31-20(24,25)18(22)23/h1-7,11,18H,8-10H2,(H,26,27). The molecule has 1 aromatic heterocycles. The number of nitrogens with zero attached hydrogens (tertiary/aromatic N) is 2. The largest absolute Gasteiger partial charge is 0.461 e. The molecule has 1 aliphatic heterocycles. The minimum Gasteiger partial charge on any atom is -0.427 e. The average Bonchev–Trinajstić information content (AvgIpc) is 3.35. The van der Waals surface area contributed by atoms with Crippen molar-refractivity contribution >= 4 is 23.0 Å². The predicted octanol–water partition coefficient (Wildman–Crippen LogP) is 4.53. The number of carbonyl (C=O) groups excluding carboxylic acids is 1. The van der Waals surface area contributed by atoms with Gasteiger partial charge in [-0.15, -0.1) is 0 Å². The number of alkyl halides is 4. The Morgan fingerprint density at radius 1 is 1.23 bits per heavy atom. The summed E-state index contributed by atoms with van der Waals surface area (Å²) in [5.41, 5.74) is 0.0776. The van der Waals surface area contributed by atoms with Crippen molar-refractivity contribution in [1.29, 1.82) is 0 Å². The molecule has 0 spiro atoms. The molecule has 0 radical (unpaired) electrons. The number of carbonyl (C=O) groups is 1. The molecular weight excluding hydrogens is 425 g/mol. The molecule has 4 rings (SSSR count). The molecule has 31 heavy (non-hydrogen) atoms. The first kappa shape index (κ1) is 20.9. The van der Waals surface area contributed by atoms with E-state index < -0.39 is 30.0 Å². The zero-order chi connectivity index (χ0) is 22.2. The average molecular weight is 441 g/mol. The van der Waals surface area contributed by atoms with Crippen LogP contribution in [-0.4, -0.2) is 47.5 Å². The third kappa shape index (κ3) is 4.25. The van der Waals surface area contributed by atoms with Crippen LogP contribution in [0.1, 0.15) is 16.8 Å². The van der Waals surface area contributed by atoms with E-state index in [0.717, 1.165) is 6.07 Å². The fourth-order valence-corrected chi connectivity index (χ4v) is 3.31. The lowest BCUT2D eigenvalue weighted by Crippen LogP contribution is -2.35. The van der Waals surface area contributed by atoms with Crippen molar-refractivity contribution in [2.24, 2.45) is 0 Å². The van der Waals surface area contributed by atoms with Crippen LogP contribution in [0.4, 0.5) is 28.0 Å². The normalized spacial score (nSPS) is 16.8. The lowest BCUT2D eigenvalue weighted by Gasteiger charge is -2.21. The minimum absolute atomic E-state index is 0.00182. The summed E-state index contributed by atoms with van der Waals surface area (Å²) in [7, 11) is 0. The number of para-hydroxylation sites is 2. The third-order valence-corrected chi connectivity index (χ3v) is 4.79. The van der Waals surface area contributed by atoms with Gasteiger partial charge in [0.1, 0.15) is 11.3 Å². The van der Waals surface area contributed by atoms with Crippen LogP contribution in [0.3, 0.4) is 0 Å². The molecule has 1 amide bonds. The molecule has 1 N–H and O–H groups in total. The van der Waals surface area contributed by atoms with Gasteiger partial charge in [-0.1, -0.05) is 18.2 Å². The van der Waals surface area contributed by atoms with Gasteiger partial charge in [-0.25, -0.2) is 4.39 Å². The van der Waals surface area contributed by atoms with E-state index in [-0.39, 0.29) is 36.3 Å². The molecule has 2 aromatic carbocycles. The van der Waals surface area contributed by atoms with E-state index in [1.165, 1.54) is 35.2 Å². The van der Waals surface area contributed by atoms with Gasteiger partial charge in [-0.2, -0.15) is 22.5 Å². The summed E-state index contributed by atoms with van der Waals surface area (Å²) in [6.07, 6.45) is -8.30. The van der Waals surface area contributed by atoms with Crippen molar-refractivity contribution in [2.45, 2.75) is 25.0 Å². The molecule has 3 aromatic rings. The molecule has 1 aliphatic rings. The Kier molecular flexibility index (Phi) is 5.42. The van der Waals surface area contributed by atoms with E-state index in [1.807, 2.05) is 0 Å². The lowest BCUT2D eigenvalue weighted by molar-refractivity contribution is -0.253. The second kappa shape index (κ2) is 8.05. The SMILES string of the molecule is O=C(c1ccccc1OC(F)(F)C(F)F)N1CCC(Nc2nc3cccc(F)c3o2)C1. The Morgan fingerprint density at radius 2 is 2.00 bits per heavy atom. The second-order valence-corrected chi connectivity index (χ2v) is 6.95. The molecule has 11 heteroatoms. The van der Waals surface area contributed by atoms with Crippen molar-refractivity contribution in [3.05, 3.63) is 53.8 Å². The molecule has 1 fully saturated rings. The highest BCUT2D eigenvalue weighted by Gasteiger charge is 2.45. The van der Waals surface area contributed by atoms with Crippen LogP contribution in [0.15, 0.2) is 46.9 Å². The molecule has 6 nitrogen and oxygen atoms in total. The first-order valence-electron chi connectivity index (χ1n) is 9.29. The highest BCUT2D eigenvalue weighted by atomic mass is 19.3. The maximum absolute atomic E-state index is 13.7. The number of oxazole rings is 1. The van der Waals surface area contributed by atoms with Crippen LogP contribution >= 0.6 is 0 Å². The number of amides is 1. The van der Waals surface area contributed by atoms with E-state index in [9.17, 15) is 26.7 Å². The Balaban J connectivity index is 1.46. The number of benzene rings is 2. The Hall–Kier alpha value is -3.37. The van der Waals surface area contributed by atoms with Crippen LogP contribution in [0.5, 0.6) is 5.75 Å². The first-order valence-corrected chi connectivity index (χ1v) is 9.29. The van der Waals surface area contributed by atoms with Crippen LogP contribution in [-0.2, 0) is 0 Å². The maximum Gasteiger partial charge on any atom is 0.461 e. The Bertz CT molecular complexity index is 1100. The first-order chi connectivity index (χ1) is 14.7. The molecular formula is C20H16F5N3O3. The zero-order valence-electron chi connectivity index (χ0n) is 15.8. The Morgan fingerprint density at radius 3 is 2.74 bits per heavy atom. The number of halogens is 5. The molecule has 2 heterocycles. The number of hydrogen-bond donors (Lipinski definition) is 1. The number of anilines is 1. The van der Waals surface area contributed by atoms with E-state index in [4.69, 9.17) is 4.42 Å².